The smallest absolute Gasteiger partial charge is 0.257 e. The molecule has 2 aromatic rings. The SMILES string of the molecule is CN(C)C(=O)c1cc2cccnc2c(I)c1O. The van der Waals surface area contributed by atoms with Gasteiger partial charge in [-0.1, -0.05) is 6.07 Å². The molecule has 0 radical (unpaired) electrons. The Balaban J connectivity index is 2.74. The second-order valence-electron chi connectivity index (χ2n) is 3.86. The van der Waals surface area contributed by atoms with Gasteiger partial charge in [0.2, 0.25) is 0 Å². The second-order valence-corrected chi connectivity index (χ2v) is 4.94. The van der Waals surface area contributed by atoms with Crippen molar-refractivity contribution in [3.63, 3.8) is 0 Å². The number of carbonyl (C=O) groups is 1. The van der Waals surface area contributed by atoms with Gasteiger partial charge in [0.15, 0.2) is 0 Å². The average Bonchev–Trinajstić information content (AvgIpc) is 2.33. The maximum Gasteiger partial charge on any atom is 0.257 e. The topological polar surface area (TPSA) is 53.4 Å². The first kappa shape index (κ1) is 12.1. The van der Waals surface area contributed by atoms with Crippen LogP contribution in [0.25, 0.3) is 10.9 Å². The predicted octanol–water partition coefficient (Wildman–Crippen LogP) is 2.25. The molecule has 1 amide bonds. The molecule has 17 heavy (non-hydrogen) atoms. The Morgan fingerprint density at radius 1 is 1.47 bits per heavy atom. The number of aromatic nitrogens is 1. The number of fused-ring (bicyclic) bond motifs is 1. The fourth-order valence-corrected chi connectivity index (χ4v) is 2.32. The lowest BCUT2D eigenvalue weighted by atomic mass is 10.1. The molecular weight excluding hydrogens is 331 g/mol. The molecule has 88 valence electrons. The van der Waals surface area contributed by atoms with Crippen LogP contribution < -0.4 is 0 Å². The lowest BCUT2D eigenvalue weighted by Gasteiger charge is -2.13. The van der Waals surface area contributed by atoms with Crippen LogP contribution in [-0.2, 0) is 0 Å². The summed E-state index contributed by atoms with van der Waals surface area (Å²) < 4.78 is 0.603. The van der Waals surface area contributed by atoms with Gasteiger partial charge in [0, 0.05) is 25.7 Å². The number of amides is 1. The zero-order valence-corrected chi connectivity index (χ0v) is 11.6. The Bertz CT molecular complexity index is 596. The summed E-state index contributed by atoms with van der Waals surface area (Å²) in [6.07, 6.45) is 1.66. The van der Waals surface area contributed by atoms with Crippen LogP contribution in [0.1, 0.15) is 10.4 Å². The second kappa shape index (κ2) is 4.48. The average molecular weight is 342 g/mol. The Kier molecular flexibility index (Phi) is 3.19. The van der Waals surface area contributed by atoms with Gasteiger partial charge in [-0.2, -0.15) is 0 Å². The molecular formula is C12H11IN2O2. The molecule has 2 rings (SSSR count). The van der Waals surface area contributed by atoms with E-state index in [0.29, 0.717) is 14.7 Å². The number of hydrogen-bond acceptors (Lipinski definition) is 3. The van der Waals surface area contributed by atoms with Crippen molar-refractivity contribution in [2.24, 2.45) is 0 Å². The molecule has 0 aliphatic carbocycles. The van der Waals surface area contributed by atoms with E-state index < -0.39 is 0 Å². The van der Waals surface area contributed by atoms with E-state index in [0.717, 1.165) is 5.39 Å². The van der Waals surface area contributed by atoms with Crippen molar-refractivity contribution in [3.05, 3.63) is 33.5 Å². The summed E-state index contributed by atoms with van der Waals surface area (Å²) in [4.78, 5) is 17.5. The molecule has 0 aliphatic rings. The first-order valence-corrected chi connectivity index (χ1v) is 6.08. The zero-order valence-electron chi connectivity index (χ0n) is 9.44. The lowest BCUT2D eigenvalue weighted by molar-refractivity contribution is 0.0824. The molecule has 5 heteroatoms. The van der Waals surface area contributed by atoms with Crippen LogP contribution in [0.15, 0.2) is 24.4 Å². The van der Waals surface area contributed by atoms with Crippen molar-refractivity contribution < 1.29 is 9.90 Å². The van der Waals surface area contributed by atoms with Crippen molar-refractivity contribution in [3.8, 4) is 5.75 Å². The third-order valence-corrected chi connectivity index (χ3v) is 3.47. The van der Waals surface area contributed by atoms with Crippen LogP contribution in [0.4, 0.5) is 0 Å². The van der Waals surface area contributed by atoms with Gasteiger partial charge in [0.25, 0.3) is 5.91 Å². The summed E-state index contributed by atoms with van der Waals surface area (Å²) in [5.41, 5.74) is 1.01. The van der Waals surface area contributed by atoms with Gasteiger partial charge in [-0.3, -0.25) is 9.78 Å². The fraction of sp³-hybridized carbons (Fsp3) is 0.167. The van der Waals surface area contributed by atoms with E-state index in [1.807, 2.05) is 28.7 Å². The van der Waals surface area contributed by atoms with Crippen LogP contribution in [-0.4, -0.2) is 35.0 Å². The third-order valence-electron chi connectivity index (χ3n) is 2.45. The molecule has 1 N–H and O–H groups in total. The monoisotopic (exact) mass is 342 g/mol. The lowest BCUT2D eigenvalue weighted by Crippen LogP contribution is -2.22. The first-order chi connectivity index (χ1) is 8.02. The van der Waals surface area contributed by atoms with Gasteiger partial charge < -0.3 is 10.0 Å². The summed E-state index contributed by atoms with van der Waals surface area (Å²) in [6, 6.07) is 5.35. The van der Waals surface area contributed by atoms with Crippen LogP contribution in [0, 0.1) is 3.57 Å². The number of benzene rings is 1. The highest BCUT2D eigenvalue weighted by atomic mass is 127. The minimum absolute atomic E-state index is 0.00417. The minimum Gasteiger partial charge on any atom is -0.506 e. The number of carbonyl (C=O) groups excluding carboxylic acids is 1. The summed E-state index contributed by atoms with van der Waals surface area (Å²) >= 11 is 2.00. The first-order valence-electron chi connectivity index (χ1n) is 5.00. The minimum atomic E-state index is -0.217. The van der Waals surface area contributed by atoms with Gasteiger partial charge in [0.1, 0.15) is 5.75 Å². The van der Waals surface area contributed by atoms with Crippen LogP contribution in [0.2, 0.25) is 0 Å². The maximum atomic E-state index is 11.9. The summed E-state index contributed by atoms with van der Waals surface area (Å²) in [5.74, 6) is -0.221. The van der Waals surface area contributed by atoms with Gasteiger partial charge in [0.05, 0.1) is 14.7 Å². The number of pyridine rings is 1. The number of hydrogen-bond donors (Lipinski definition) is 1. The van der Waals surface area contributed by atoms with E-state index in [1.54, 1.807) is 32.4 Å². The highest BCUT2D eigenvalue weighted by Crippen LogP contribution is 2.31. The van der Waals surface area contributed by atoms with Crippen molar-refractivity contribution in [1.29, 1.82) is 0 Å². The molecule has 1 heterocycles. The molecule has 1 aromatic heterocycles. The highest BCUT2D eigenvalue weighted by Gasteiger charge is 2.18. The third kappa shape index (κ3) is 2.06. The summed E-state index contributed by atoms with van der Waals surface area (Å²) in [6.45, 7) is 0. The highest BCUT2D eigenvalue weighted by molar-refractivity contribution is 14.1. The van der Waals surface area contributed by atoms with Gasteiger partial charge in [-0.05, 0) is 34.7 Å². The Morgan fingerprint density at radius 3 is 2.82 bits per heavy atom. The van der Waals surface area contributed by atoms with Crippen molar-refractivity contribution in [1.82, 2.24) is 9.88 Å². The number of aromatic hydroxyl groups is 1. The van der Waals surface area contributed by atoms with Gasteiger partial charge in [-0.25, -0.2) is 0 Å². The van der Waals surface area contributed by atoms with E-state index in [-0.39, 0.29) is 11.7 Å². The van der Waals surface area contributed by atoms with E-state index in [9.17, 15) is 9.90 Å². The molecule has 0 spiro atoms. The standard InChI is InChI=1S/C12H11IN2O2/c1-15(2)12(17)8-6-7-4-3-5-14-10(7)9(13)11(8)16/h3-6,16H,1-2H3. The van der Waals surface area contributed by atoms with E-state index in [1.165, 1.54) is 4.90 Å². The Hall–Kier alpha value is -1.37. The normalized spacial score (nSPS) is 10.5. The quantitative estimate of drug-likeness (QED) is 0.809. The number of halogens is 1. The maximum absolute atomic E-state index is 11.9. The molecule has 0 fully saturated rings. The van der Waals surface area contributed by atoms with Gasteiger partial charge >= 0.3 is 0 Å². The Labute approximate surface area is 112 Å². The van der Waals surface area contributed by atoms with Crippen molar-refractivity contribution >= 4 is 39.4 Å². The van der Waals surface area contributed by atoms with E-state index in [2.05, 4.69) is 4.98 Å². The Morgan fingerprint density at radius 2 is 2.18 bits per heavy atom. The van der Waals surface area contributed by atoms with Gasteiger partial charge in [-0.15, -0.1) is 0 Å². The van der Waals surface area contributed by atoms with Crippen LogP contribution in [0.3, 0.4) is 0 Å². The zero-order chi connectivity index (χ0) is 12.6. The fourth-order valence-electron chi connectivity index (χ4n) is 1.58. The van der Waals surface area contributed by atoms with Crippen molar-refractivity contribution in [2.45, 2.75) is 0 Å². The van der Waals surface area contributed by atoms with Crippen LogP contribution in [0.5, 0.6) is 5.75 Å². The summed E-state index contributed by atoms with van der Waals surface area (Å²) in [5, 5.41) is 10.9. The molecule has 4 nitrogen and oxygen atoms in total. The number of phenols is 1. The molecule has 0 atom stereocenters. The largest absolute Gasteiger partial charge is 0.506 e. The predicted molar refractivity (Wildman–Crippen MR) is 74.1 cm³/mol. The van der Waals surface area contributed by atoms with Crippen molar-refractivity contribution in [2.75, 3.05) is 14.1 Å². The molecule has 0 aliphatic heterocycles. The van der Waals surface area contributed by atoms with E-state index in [4.69, 9.17) is 0 Å². The van der Waals surface area contributed by atoms with Crippen LogP contribution >= 0.6 is 22.6 Å². The molecule has 0 saturated heterocycles. The molecule has 0 saturated carbocycles. The number of phenolic OH excluding ortho intramolecular Hbond substituents is 1. The molecule has 0 unspecified atom stereocenters. The summed E-state index contributed by atoms with van der Waals surface area (Å²) in [7, 11) is 3.31. The molecule has 0 bridgehead atoms. The number of rotatable bonds is 1. The van der Waals surface area contributed by atoms with E-state index >= 15 is 0 Å². The number of nitrogens with zero attached hydrogens (tertiary/aromatic N) is 2. The molecule has 1 aromatic carbocycles.